The number of aromatic nitrogens is 2. The number of amides is 4. The molecule has 1 aromatic rings. The Balaban J connectivity index is 1.67. The molecule has 1 aromatic heterocycles. The Morgan fingerprint density at radius 1 is 1.36 bits per heavy atom. The summed E-state index contributed by atoms with van der Waals surface area (Å²) in [5, 5.41) is 7.12. The van der Waals surface area contributed by atoms with Crippen molar-refractivity contribution in [2.75, 3.05) is 19.6 Å². The Morgan fingerprint density at radius 2 is 2.08 bits per heavy atom. The third-order valence-corrected chi connectivity index (χ3v) is 4.88. The van der Waals surface area contributed by atoms with Gasteiger partial charge in [-0.05, 0) is 46.6 Å². The van der Waals surface area contributed by atoms with E-state index in [0.717, 1.165) is 29.1 Å². The zero-order chi connectivity index (χ0) is 18.4. The van der Waals surface area contributed by atoms with E-state index in [-0.39, 0.29) is 24.4 Å². The lowest BCUT2D eigenvalue weighted by molar-refractivity contribution is -0.139. The smallest absolute Gasteiger partial charge is 0.325 e. The lowest BCUT2D eigenvalue weighted by atomic mass is 10.1. The van der Waals surface area contributed by atoms with Crippen LogP contribution >= 0.6 is 0 Å². The summed E-state index contributed by atoms with van der Waals surface area (Å²) in [6, 6.07) is 1.65. The number of nitrogens with zero attached hydrogens (tertiary/aromatic N) is 4. The van der Waals surface area contributed by atoms with Crippen LogP contribution in [0.5, 0.6) is 0 Å². The van der Waals surface area contributed by atoms with E-state index in [4.69, 9.17) is 0 Å². The molecule has 0 unspecified atom stereocenters. The van der Waals surface area contributed by atoms with Crippen molar-refractivity contribution >= 4 is 17.8 Å². The average Bonchev–Trinajstić information content (AvgIpc) is 2.98. The maximum Gasteiger partial charge on any atom is 0.325 e. The minimum absolute atomic E-state index is 0.131. The van der Waals surface area contributed by atoms with Crippen LogP contribution in [0.3, 0.4) is 0 Å². The van der Waals surface area contributed by atoms with Crippen molar-refractivity contribution in [1.82, 2.24) is 24.9 Å². The SMILES string of the molecule is Cc1cc(C)n([C@H]2CCCN(C(=O)CN3C(=O)NC(C)(C)C3=O)C2)n1. The predicted octanol–water partition coefficient (Wildman–Crippen LogP) is 0.994. The first kappa shape index (κ1) is 17.4. The summed E-state index contributed by atoms with van der Waals surface area (Å²) >= 11 is 0. The van der Waals surface area contributed by atoms with Gasteiger partial charge in [0.2, 0.25) is 5.91 Å². The molecule has 2 fully saturated rings. The first-order valence-corrected chi connectivity index (χ1v) is 8.63. The van der Waals surface area contributed by atoms with Crippen LogP contribution in [0.25, 0.3) is 0 Å². The number of carbonyl (C=O) groups is 3. The van der Waals surface area contributed by atoms with Gasteiger partial charge in [-0.1, -0.05) is 0 Å². The van der Waals surface area contributed by atoms with Gasteiger partial charge in [0.25, 0.3) is 5.91 Å². The number of piperidine rings is 1. The molecular weight excluding hydrogens is 322 g/mol. The van der Waals surface area contributed by atoms with Crippen molar-refractivity contribution in [3.8, 4) is 0 Å². The quantitative estimate of drug-likeness (QED) is 0.826. The van der Waals surface area contributed by atoms with Crippen LogP contribution in [0.2, 0.25) is 0 Å². The molecule has 4 amide bonds. The summed E-state index contributed by atoms with van der Waals surface area (Å²) in [5.74, 6) is -0.564. The van der Waals surface area contributed by atoms with Gasteiger partial charge in [0.1, 0.15) is 12.1 Å². The van der Waals surface area contributed by atoms with Crippen molar-refractivity contribution in [2.24, 2.45) is 0 Å². The number of nitrogens with one attached hydrogen (secondary N) is 1. The molecule has 0 bridgehead atoms. The van der Waals surface area contributed by atoms with Crippen LogP contribution in [-0.2, 0) is 9.59 Å². The fourth-order valence-corrected chi connectivity index (χ4v) is 3.59. The average molecular weight is 347 g/mol. The molecule has 3 rings (SSSR count). The van der Waals surface area contributed by atoms with E-state index in [0.29, 0.717) is 13.1 Å². The second kappa shape index (κ2) is 6.16. The second-order valence-electron chi connectivity index (χ2n) is 7.45. The van der Waals surface area contributed by atoms with Crippen LogP contribution in [0.1, 0.15) is 44.1 Å². The first-order valence-electron chi connectivity index (χ1n) is 8.63. The van der Waals surface area contributed by atoms with Crippen molar-refractivity contribution in [1.29, 1.82) is 0 Å². The molecule has 3 heterocycles. The molecule has 2 aliphatic heterocycles. The topological polar surface area (TPSA) is 87.5 Å². The minimum Gasteiger partial charge on any atom is -0.339 e. The number of imide groups is 1. The largest absolute Gasteiger partial charge is 0.339 e. The monoisotopic (exact) mass is 347 g/mol. The second-order valence-corrected chi connectivity index (χ2v) is 7.45. The van der Waals surface area contributed by atoms with Crippen LogP contribution < -0.4 is 5.32 Å². The van der Waals surface area contributed by atoms with Gasteiger partial charge in [-0.3, -0.25) is 19.2 Å². The van der Waals surface area contributed by atoms with E-state index in [1.165, 1.54) is 0 Å². The summed E-state index contributed by atoms with van der Waals surface area (Å²) in [6.07, 6.45) is 1.84. The van der Waals surface area contributed by atoms with Crippen molar-refractivity contribution in [2.45, 2.75) is 52.1 Å². The van der Waals surface area contributed by atoms with Gasteiger partial charge in [-0.2, -0.15) is 5.10 Å². The molecule has 2 aliphatic rings. The van der Waals surface area contributed by atoms with E-state index in [1.54, 1.807) is 18.7 Å². The molecule has 8 nitrogen and oxygen atoms in total. The summed E-state index contributed by atoms with van der Waals surface area (Å²) in [6.45, 7) is 8.22. The standard InChI is InChI=1S/C17H25N5O3/c1-11-8-12(2)22(19-11)13-6-5-7-20(9-13)14(23)10-21-15(24)17(3,4)18-16(21)25/h8,13H,5-7,9-10H2,1-4H3,(H,18,25)/t13-/m0/s1. The molecule has 0 aromatic carbocycles. The van der Waals surface area contributed by atoms with Gasteiger partial charge >= 0.3 is 6.03 Å². The summed E-state index contributed by atoms with van der Waals surface area (Å²) in [5.41, 5.74) is 1.08. The number of rotatable bonds is 3. The van der Waals surface area contributed by atoms with Crippen molar-refractivity contribution in [3.63, 3.8) is 0 Å². The van der Waals surface area contributed by atoms with Crippen LogP contribution in [0.4, 0.5) is 4.79 Å². The summed E-state index contributed by atoms with van der Waals surface area (Å²) in [7, 11) is 0. The maximum atomic E-state index is 12.6. The van der Waals surface area contributed by atoms with E-state index < -0.39 is 11.6 Å². The van der Waals surface area contributed by atoms with Gasteiger partial charge in [-0.15, -0.1) is 0 Å². The van der Waals surface area contributed by atoms with Gasteiger partial charge < -0.3 is 10.2 Å². The Morgan fingerprint density at radius 3 is 2.64 bits per heavy atom. The van der Waals surface area contributed by atoms with Gasteiger partial charge in [0.05, 0.1) is 11.7 Å². The van der Waals surface area contributed by atoms with E-state index in [9.17, 15) is 14.4 Å². The normalized spacial score (nSPS) is 23.1. The number of hydrogen-bond donors (Lipinski definition) is 1. The molecule has 0 saturated carbocycles. The molecule has 25 heavy (non-hydrogen) atoms. The third-order valence-electron chi connectivity index (χ3n) is 4.88. The number of carbonyl (C=O) groups excluding carboxylic acids is 3. The molecule has 2 saturated heterocycles. The first-order chi connectivity index (χ1) is 11.7. The summed E-state index contributed by atoms with van der Waals surface area (Å²) in [4.78, 5) is 39.6. The zero-order valence-electron chi connectivity index (χ0n) is 15.2. The molecule has 0 radical (unpaired) electrons. The van der Waals surface area contributed by atoms with Gasteiger partial charge in [0.15, 0.2) is 0 Å². The number of hydrogen-bond acceptors (Lipinski definition) is 4. The molecule has 8 heteroatoms. The zero-order valence-corrected chi connectivity index (χ0v) is 15.2. The van der Waals surface area contributed by atoms with E-state index in [2.05, 4.69) is 10.4 Å². The maximum absolute atomic E-state index is 12.6. The predicted molar refractivity (Wildman–Crippen MR) is 90.9 cm³/mol. The van der Waals surface area contributed by atoms with Gasteiger partial charge in [0, 0.05) is 18.8 Å². The van der Waals surface area contributed by atoms with Gasteiger partial charge in [-0.25, -0.2) is 4.79 Å². The highest BCUT2D eigenvalue weighted by atomic mass is 16.2. The fourth-order valence-electron chi connectivity index (χ4n) is 3.59. The van der Waals surface area contributed by atoms with E-state index in [1.807, 2.05) is 24.6 Å². The highest BCUT2D eigenvalue weighted by Gasteiger charge is 2.45. The minimum atomic E-state index is -0.953. The van der Waals surface area contributed by atoms with Crippen molar-refractivity contribution < 1.29 is 14.4 Å². The molecule has 1 atom stereocenters. The lowest BCUT2D eigenvalue weighted by Crippen LogP contribution is -2.47. The van der Waals surface area contributed by atoms with Crippen LogP contribution in [0, 0.1) is 13.8 Å². The van der Waals surface area contributed by atoms with Crippen molar-refractivity contribution in [3.05, 3.63) is 17.5 Å². The highest BCUT2D eigenvalue weighted by molar-refractivity contribution is 6.08. The highest BCUT2D eigenvalue weighted by Crippen LogP contribution is 2.24. The Bertz CT molecular complexity index is 724. The third kappa shape index (κ3) is 3.25. The summed E-state index contributed by atoms with van der Waals surface area (Å²) < 4.78 is 1.98. The molecule has 0 spiro atoms. The number of urea groups is 1. The number of aryl methyl sites for hydroxylation is 2. The molecule has 0 aliphatic carbocycles. The van der Waals surface area contributed by atoms with E-state index >= 15 is 0 Å². The molecular formula is C17H25N5O3. The van der Waals surface area contributed by atoms with Crippen LogP contribution in [-0.4, -0.2) is 62.6 Å². The molecule has 1 N–H and O–H groups in total. The fraction of sp³-hybridized carbons (Fsp3) is 0.647. The van der Waals surface area contributed by atoms with Crippen LogP contribution in [0.15, 0.2) is 6.07 Å². The Labute approximate surface area is 147 Å². The number of likely N-dealkylation sites (tertiary alicyclic amines) is 1. The Kier molecular flexibility index (Phi) is 4.30. The Hall–Kier alpha value is -2.38. The molecule has 136 valence electrons. The lowest BCUT2D eigenvalue weighted by Gasteiger charge is -2.34.